The third-order valence-corrected chi connectivity index (χ3v) is 16.8. The van der Waals surface area contributed by atoms with E-state index >= 15 is 0 Å². The minimum absolute atomic E-state index is 0. The van der Waals surface area contributed by atoms with Crippen molar-refractivity contribution in [3.63, 3.8) is 0 Å². The summed E-state index contributed by atoms with van der Waals surface area (Å²) >= 11 is 9.76. The Labute approximate surface area is 518 Å². The summed E-state index contributed by atoms with van der Waals surface area (Å²) in [7, 11) is 0. The number of hydrogen-bond donors (Lipinski definition) is 5. The molecule has 9 aromatic carbocycles. The van der Waals surface area contributed by atoms with Crippen LogP contribution in [-0.2, 0) is 33.5 Å². The first-order valence-electron chi connectivity index (χ1n) is 28.1. The highest BCUT2D eigenvalue weighted by molar-refractivity contribution is 8.00. The molecule has 0 spiro atoms. The van der Waals surface area contributed by atoms with Crippen molar-refractivity contribution in [1.29, 1.82) is 0 Å². The largest absolute Gasteiger partial charge is 0.447 e. The van der Waals surface area contributed by atoms with Crippen molar-refractivity contribution >= 4 is 55.3 Å². The van der Waals surface area contributed by atoms with Gasteiger partial charge in [-0.05, 0) is 83.5 Å². The maximum absolute atomic E-state index is 12.6. The third-order valence-electron chi connectivity index (χ3n) is 14.9. The van der Waals surface area contributed by atoms with E-state index in [0.717, 1.165) is 0 Å². The van der Waals surface area contributed by atoms with E-state index in [1.807, 2.05) is 91.0 Å². The standard InChI is InChI=1S/C36H31NO3S.2C17H17NO3S.CH4/c38-35(39-26-34-32-22-12-10-20-30(32)31-21-11-13-23-33(31)34)37-40-24-25-41-36(27-14-4-1-5-15-27,28-16-6-2-7-17-28)29-18-8-3-9-19-29;2*19-17(18-21-9-10-22)20-11-16-14-7-3-1-5-12(14)13-6-2-4-8-15(13)16;/h1-23,34H,24-26H2,(H,37,38);2*1-8,16,22H,9-11H2,(H,18,19);1H4. The Morgan fingerprint density at radius 3 is 0.837 bits per heavy atom. The molecule has 0 saturated heterocycles. The molecule has 12 nitrogen and oxygen atoms in total. The van der Waals surface area contributed by atoms with Crippen LogP contribution in [0.1, 0.15) is 75.3 Å². The van der Waals surface area contributed by atoms with E-state index in [9.17, 15) is 14.4 Å². The summed E-state index contributed by atoms with van der Waals surface area (Å²) in [5.41, 5.74) is 24.9. The number of hydroxylamine groups is 3. The summed E-state index contributed by atoms with van der Waals surface area (Å²) in [6, 6.07) is 81.0. The van der Waals surface area contributed by atoms with Gasteiger partial charge in [0.15, 0.2) is 0 Å². The molecule has 86 heavy (non-hydrogen) atoms. The second kappa shape index (κ2) is 31.2. The van der Waals surface area contributed by atoms with Gasteiger partial charge in [-0.3, -0.25) is 14.5 Å². The Hall–Kier alpha value is -8.28. The quantitative estimate of drug-likeness (QED) is 0.0165. The summed E-state index contributed by atoms with van der Waals surface area (Å²) in [5.74, 6) is 1.83. The molecule has 3 aliphatic carbocycles. The maximum Gasteiger partial charge on any atom is 0.431 e. The van der Waals surface area contributed by atoms with Crippen LogP contribution >= 0.6 is 37.0 Å². The van der Waals surface area contributed by atoms with Crippen molar-refractivity contribution in [1.82, 2.24) is 16.4 Å². The average Bonchev–Trinajstić information content (AvgIpc) is 1.48. The van der Waals surface area contributed by atoms with Crippen LogP contribution in [0.2, 0.25) is 0 Å². The van der Waals surface area contributed by atoms with Crippen molar-refractivity contribution < 1.29 is 43.1 Å². The Kier molecular flexibility index (Phi) is 22.6. The zero-order valence-electron chi connectivity index (χ0n) is 46.6. The Morgan fingerprint density at radius 2 is 0.581 bits per heavy atom. The van der Waals surface area contributed by atoms with Crippen LogP contribution in [0.4, 0.5) is 14.4 Å². The summed E-state index contributed by atoms with van der Waals surface area (Å²) < 4.78 is 15.8. The first-order valence-corrected chi connectivity index (χ1v) is 30.3. The molecule has 3 amide bonds. The predicted octanol–water partition coefficient (Wildman–Crippen LogP) is 15.6. The Balaban J connectivity index is 0.000000167. The van der Waals surface area contributed by atoms with Crippen molar-refractivity contribution in [2.75, 3.05) is 56.9 Å². The van der Waals surface area contributed by atoms with Crippen LogP contribution in [0.15, 0.2) is 237 Å². The minimum Gasteiger partial charge on any atom is -0.447 e. The molecule has 3 aliphatic rings. The number of ether oxygens (including phenoxy) is 3. The predicted molar refractivity (Wildman–Crippen MR) is 349 cm³/mol. The average molecular weight is 1200 g/mol. The number of fused-ring (bicyclic) bond motifs is 9. The lowest BCUT2D eigenvalue weighted by atomic mass is 9.84. The minimum atomic E-state index is -0.586. The third kappa shape index (κ3) is 14.7. The lowest BCUT2D eigenvalue weighted by molar-refractivity contribution is 0.0346. The molecule has 15 heteroatoms. The molecule has 0 aromatic heterocycles. The summed E-state index contributed by atoms with van der Waals surface area (Å²) in [6.45, 7) is 1.81. The molecule has 3 N–H and O–H groups in total. The van der Waals surface area contributed by atoms with Crippen LogP contribution in [0, 0.1) is 0 Å². The van der Waals surface area contributed by atoms with E-state index in [4.69, 9.17) is 28.7 Å². The van der Waals surface area contributed by atoms with E-state index in [0.29, 0.717) is 37.1 Å². The number of thiol groups is 2. The number of carbonyl (C=O) groups is 3. The molecule has 0 bridgehead atoms. The number of carbonyl (C=O) groups excluding carboxylic acids is 3. The first kappa shape index (κ1) is 62.3. The van der Waals surface area contributed by atoms with E-state index in [-0.39, 0.29) is 45.0 Å². The molecule has 0 aliphatic heterocycles. The van der Waals surface area contributed by atoms with E-state index in [1.54, 1.807) is 11.8 Å². The van der Waals surface area contributed by atoms with E-state index < -0.39 is 23.0 Å². The molecular weight excluding hydrogens is 1130 g/mol. The van der Waals surface area contributed by atoms with Crippen molar-refractivity contribution in [3.8, 4) is 33.4 Å². The number of hydrogen-bond acceptors (Lipinski definition) is 12. The fourth-order valence-electron chi connectivity index (χ4n) is 11.3. The van der Waals surface area contributed by atoms with Gasteiger partial charge in [0, 0.05) is 35.0 Å². The van der Waals surface area contributed by atoms with Gasteiger partial charge in [0.25, 0.3) is 0 Å². The molecule has 9 aromatic rings. The zero-order valence-corrected chi connectivity index (χ0v) is 49.2. The van der Waals surface area contributed by atoms with Crippen LogP contribution in [0.25, 0.3) is 33.4 Å². The SMILES string of the molecule is C.O=C(NOCCS)OCC1c2ccccc2-c2ccccc21.O=C(NOCCS)OCC1c2ccccc2-c2ccccc21.O=C(NOCCSC(c1ccccc1)(c1ccccc1)c1ccccc1)OCC1c2ccccc2-c2ccccc21. The maximum atomic E-state index is 12.6. The van der Waals surface area contributed by atoms with Crippen molar-refractivity contribution in [3.05, 3.63) is 287 Å². The number of amides is 3. The summed E-state index contributed by atoms with van der Waals surface area (Å²) in [4.78, 5) is 51.2. The van der Waals surface area contributed by atoms with Gasteiger partial charge in [-0.15, -0.1) is 11.8 Å². The van der Waals surface area contributed by atoms with Gasteiger partial charge in [0.1, 0.15) is 19.8 Å². The van der Waals surface area contributed by atoms with Gasteiger partial charge in [-0.1, -0.05) is 244 Å². The van der Waals surface area contributed by atoms with E-state index in [1.165, 1.54) is 83.5 Å². The molecule has 0 unspecified atom stereocenters. The zero-order chi connectivity index (χ0) is 58.6. The van der Waals surface area contributed by atoms with E-state index in [2.05, 4.69) is 187 Å². The second-order valence-corrected chi connectivity index (χ2v) is 22.1. The van der Waals surface area contributed by atoms with Crippen LogP contribution < -0.4 is 16.4 Å². The van der Waals surface area contributed by atoms with Crippen LogP contribution in [0.3, 0.4) is 0 Å². The van der Waals surface area contributed by atoms with Crippen molar-refractivity contribution in [2.24, 2.45) is 0 Å². The molecule has 440 valence electrons. The number of nitrogens with one attached hydrogen (secondary N) is 3. The molecule has 0 radical (unpaired) electrons. The molecule has 0 saturated carbocycles. The molecule has 0 heterocycles. The molecule has 12 rings (SSSR count). The topological polar surface area (TPSA) is 143 Å². The summed E-state index contributed by atoms with van der Waals surface area (Å²) in [6.07, 6.45) is -1.75. The van der Waals surface area contributed by atoms with Gasteiger partial charge in [-0.25, -0.2) is 14.4 Å². The normalized spacial score (nSPS) is 12.3. The lowest BCUT2D eigenvalue weighted by Crippen LogP contribution is -2.29. The van der Waals surface area contributed by atoms with Gasteiger partial charge in [-0.2, -0.15) is 41.7 Å². The fraction of sp³-hybridized carbons (Fsp3) is 0.197. The summed E-state index contributed by atoms with van der Waals surface area (Å²) in [5, 5.41) is 0. The van der Waals surface area contributed by atoms with Crippen LogP contribution in [0.5, 0.6) is 0 Å². The molecule has 0 atom stereocenters. The number of rotatable bonds is 20. The smallest absolute Gasteiger partial charge is 0.431 e. The van der Waals surface area contributed by atoms with Gasteiger partial charge < -0.3 is 14.2 Å². The number of thioether (sulfide) groups is 1. The first-order chi connectivity index (χ1) is 41.9. The van der Waals surface area contributed by atoms with Gasteiger partial charge in [0.2, 0.25) is 0 Å². The van der Waals surface area contributed by atoms with Gasteiger partial charge >= 0.3 is 18.3 Å². The highest BCUT2D eigenvalue weighted by Gasteiger charge is 2.37. The highest BCUT2D eigenvalue weighted by atomic mass is 32.2. The van der Waals surface area contributed by atoms with Crippen LogP contribution in [-0.4, -0.2) is 75.2 Å². The highest BCUT2D eigenvalue weighted by Crippen LogP contribution is 2.50. The van der Waals surface area contributed by atoms with Gasteiger partial charge in [0.05, 0.1) is 24.6 Å². The fourth-order valence-corrected chi connectivity index (χ4v) is 12.9. The molecular formula is C71H69N3O9S3. The Bertz CT molecular complexity index is 3300. The number of benzene rings is 9. The lowest BCUT2D eigenvalue weighted by Gasteiger charge is -2.35. The second-order valence-electron chi connectivity index (χ2n) is 19.9. The monoisotopic (exact) mass is 1200 g/mol. The molecule has 0 fully saturated rings. The Morgan fingerprint density at radius 1 is 0.349 bits per heavy atom. The van der Waals surface area contributed by atoms with Crippen molar-refractivity contribution in [2.45, 2.75) is 29.9 Å².